The van der Waals surface area contributed by atoms with Crippen LogP contribution in [0.4, 0.5) is 5.82 Å². The standard InChI is InChI=1S/C19H17N5O3S/c25-15(10-23-16(26)8-9-17(23)27)21-18-11-4-3-6-12(11)22-24(18)19-20-13-5-1-2-7-14(13)28-19/h1-2,5,7H,3-4,6,8-10H2,(H,21,25). The highest BCUT2D eigenvalue weighted by atomic mass is 32.1. The second kappa shape index (κ2) is 6.52. The molecule has 3 heterocycles. The first kappa shape index (κ1) is 17.1. The van der Waals surface area contributed by atoms with E-state index in [-0.39, 0.29) is 31.2 Å². The average molecular weight is 395 g/mol. The smallest absolute Gasteiger partial charge is 0.245 e. The Morgan fingerprint density at radius 2 is 1.89 bits per heavy atom. The third-order valence-corrected chi connectivity index (χ3v) is 6.10. The van der Waals surface area contributed by atoms with Gasteiger partial charge in [-0.2, -0.15) is 9.78 Å². The van der Waals surface area contributed by atoms with Gasteiger partial charge >= 0.3 is 0 Å². The SMILES string of the molecule is O=C(CN1C(=O)CCC1=O)Nc1c2c(nn1-c1nc3ccccc3s1)CCC2. The number of para-hydroxylation sites is 1. The molecular weight excluding hydrogens is 378 g/mol. The lowest BCUT2D eigenvalue weighted by molar-refractivity contribution is -0.141. The highest BCUT2D eigenvalue weighted by Crippen LogP contribution is 2.33. The number of nitrogens with one attached hydrogen (secondary N) is 1. The van der Waals surface area contributed by atoms with Crippen LogP contribution in [-0.4, -0.2) is 43.9 Å². The van der Waals surface area contributed by atoms with Crippen LogP contribution in [0.3, 0.4) is 0 Å². The molecule has 1 aliphatic carbocycles. The van der Waals surface area contributed by atoms with Crippen molar-refractivity contribution in [3.63, 3.8) is 0 Å². The van der Waals surface area contributed by atoms with Crippen molar-refractivity contribution >= 4 is 45.1 Å². The van der Waals surface area contributed by atoms with Crippen molar-refractivity contribution in [2.75, 3.05) is 11.9 Å². The van der Waals surface area contributed by atoms with Crippen molar-refractivity contribution in [2.45, 2.75) is 32.1 Å². The molecule has 1 saturated heterocycles. The van der Waals surface area contributed by atoms with Gasteiger partial charge in [0, 0.05) is 18.4 Å². The molecule has 0 bridgehead atoms. The number of rotatable bonds is 4. The topological polar surface area (TPSA) is 97.2 Å². The number of anilines is 1. The molecule has 8 nitrogen and oxygen atoms in total. The lowest BCUT2D eigenvalue weighted by Crippen LogP contribution is -2.37. The average Bonchev–Trinajstić information content (AvgIpc) is 3.43. The van der Waals surface area contributed by atoms with Crippen LogP contribution in [0.2, 0.25) is 0 Å². The fourth-order valence-corrected chi connectivity index (χ4v) is 4.65. The Morgan fingerprint density at radius 3 is 2.68 bits per heavy atom. The van der Waals surface area contributed by atoms with Gasteiger partial charge in [-0.3, -0.25) is 19.3 Å². The lowest BCUT2D eigenvalue weighted by atomic mass is 10.2. The van der Waals surface area contributed by atoms with E-state index in [1.54, 1.807) is 4.68 Å². The largest absolute Gasteiger partial charge is 0.309 e. The second-order valence-electron chi connectivity index (χ2n) is 6.93. The number of thiazole rings is 1. The fourth-order valence-electron chi connectivity index (χ4n) is 3.72. The van der Waals surface area contributed by atoms with E-state index in [1.165, 1.54) is 11.3 Å². The zero-order chi connectivity index (χ0) is 19.3. The van der Waals surface area contributed by atoms with Gasteiger partial charge in [-0.05, 0) is 31.4 Å². The van der Waals surface area contributed by atoms with E-state index in [0.29, 0.717) is 10.9 Å². The van der Waals surface area contributed by atoms with Gasteiger partial charge in [0.05, 0.1) is 15.9 Å². The van der Waals surface area contributed by atoms with Crippen molar-refractivity contribution < 1.29 is 14.4 Å². The molecule has 1 aromatic carbocycles. The maximum absolute atomic E-state index is 12.6. The van der Waals surface area contributed by atoms with Crippen molar-refractivity contribution in [1.82, 2.24) is 19.7 Å². The van der Waals surface area contributed by atoms with Crippen LogP contribution in [0.1, 0.15) is 30.5 Å². The summed E-state index contributed by atoms with van der Waals surface area (Å²) in [5.41, 5.74) is 2.85. The molecule has 1 aliphatic heterocycles. The molecule has 9 heteroatoms. The van der Waals surface area contributed by atoms with Gasteiger partial charge in [0.15, 0.2) is 0 Å². The summed E-state index contributed by atoms with van der Waals surface area (Å²) < 4.78 is 2.72. The number of imide groups is 1. The van der Waals surface area contributed by atoms with Crippen LogP contribution in [0.5, 0.6) is 0 Å². The molecule has 1 fully saturated rings. The molecule has 28 heavy (non-hydrogen) atoms. The molecule has 3 aromatic rings. The maximum atomic E-state index is 12.6. The number of amides is 3. The third-order valence-electron chi connectivity index (χ3n) is 5.09. The minimum Gasteiger partial charge on any atom is -0.309 e. The predicted octanol–water partition coefficient (Wildman–Crippen LogP) is 2.06. The molecule has 142 valence electrons. The Bertz CT molecular complexity index is 1080. The summed E-state index contributed by atoms with van der Waals surface area (Å²) in [7, 11) is 0. The Labute approximate surface area is 164 Å². The van der Waals surface area contributed by atoms with Gasteiger partial charge < -0.3 is 5.32 Å². The van der Waals surface area contributed by atoms with Gasteiger partial charge in [-0.25, -0.2) is 4.98 Å². The first-order valence-corrected chi connectivity index (χ1v) is 10.0. The summed E-state index contributed by atoms with van der Waals surface area (Å²) in [6.07, 6.45) is 3.03. The number of hydrogen-bond donors (Lipinski definition) is 1. The van der Waals surface area contributed by atoms with Crippen molar-refractivity contribution in [2.24, 2.45) is 0 Å². The van der Waals surface area contributed by atoms with Crippen molar-refractivity contribution in [3.05, 3.63) is 35.5 Å². The number of benzene rings is 1. The monoisotopic (exact) mass is 395 g/mol. The highest BCUT2D eigenvalue weighted by Gasteiger charge is 2.32. The molecular formula is C19H17N5O3S. The Kier molecular flexibility index (Phi) is 3.97. The molecule has 3 amide bonds. The summed E-state index contributed by atoms with van der Waals surface area (Å²) in [5, 5.41) is 8.24. The number of likely N-dealkylation sites (tertiary alicyclic amines) is 1. The molecule has 0 saturated carbocycles. The van der Waals surface area contributed by atoms with E-state index in [9.17, 15) is 14.4 Å². The summed E-state index contributed by atoms with van der Waals surface area (Å²) in [5.74, 6) is -0.411. The van der Waals surface area contributed by atoms with Crippen LogP contribution in [0.15, 0.2) is 24.3 Å². The Balaban J connectivity index is 1.48. The Morgan fingerprint density at radius 1 is 1.11 bits per heavy atom. The lowest BCUT2D eigenvalue weighted by Gasteiger charge is -2.14. The molecule has 0 radical (unpaired) electrons. The number of carbonyl (C=O) groups is 3. The number of nitrogens with zero attached hydrogens (tertiary/aromatic N) is 4. The Hall–Kier alpha value is -3.07. The van der Waals surface area contributed by atoms with Gasteiger partial charge in [0.25, 0.3) is 0 Å². The minimum atomic E-state index is -0.402. The van der Waals surface area contributed by atoms with Gasteiger partial charge in [-0.15, -0.1) is 0 Å². The van der Waals surface area contributed by atoms with E-state index in [4.69, 9.17) is 0 Å². The van der Waals surface area contributed by atoms with E-state index in [0.717, 1.165) is 45.6 Å². The molecule has 0 atom stereocenters. The molecule has 0 unspecified atom stereocenters. The summed E-state index contributed by atoms with van der Waals surface area (Å²) in [4.78, 5) is 41.9. The van der Waals surface area contributed by atoms with Crippen LogP contribution in [0, 0.1) is 0 Å². The third kappa shape index (κ3) is 2.78. The molecule has 1 N–H and O–H groups in total. The van der Waals surface area contributed by atoms with Gasteiger partial charge in [0.2, 0.25) is 22.9 Å². The number of aromatic nitrogens is 3. The van der Waals surface area contributed by atoms with Crippen LogP contribution < -0.4 is 5.32 Å². The molecule has 5 rings (SSSR count). The fraction of sp³-hybridized carbons (Fsp3) is 0.316. The van der Waals surface area contributed by atoms with Crippen LogP contribution in [0.25, 0.3) is 15.3 Å². The van der Waals surface area contributed by atoms with Crippen molar-refractivity contribution in [3.8, 4) is 5.13 Å². The molecule has 0 spiro atoms. The number of carbonyl (C=O) groups excluding carboxylic acids is 3. The van der Waals surface area contributed by atoms with Crippen LogP contribution in [-0.2, 0) is 27.2 Å². The molecule has 2 aromatic heterocycles. The first-order chi connectivity index (χ1) is 13.6. The minimum absolute atomic E-state index is 0.172. The normalized spacial score (nSPS) is 16.2. The predicted molar refractivity (Wildman–Crippen MR) is 103 cm³/mol. The highest BCUT2D eigenvalue weighted by molar-refractivity contribution is 7.20. The number of hydrogen-bond acceptors (Lipinski definition) is 6. The van der Waals surface area contributed by atoms with E-state index in [2.05, 4.69) is 15.4 Å². The van der Waals surface area contributed by atoms with E-state index < -0.39 is 5.91 Å². The maximum Gasteiger partial charge on any atom is 0.245 e. The summed E-state index contributed by atoms with van der Waals surface area (Å²) >= 11 is 1.50. The second-order valence-corrected chi connectivity index (χ2v) is 7.93. The first-order valence-electron chi connectivity index (χ1n) is 9.20. The van der Waals surface area contributed by atoms with Gasteiger partial charge in [-0.1, -0.05) is 23.5 Å². The summed E-state index contributed by atoms with van der Waals surface area (Å²) in [6.45, 7) is -0.266. The van der Waals surface area contributed by atoms with E-state index >= 15 is 0 Å². The zero-order valence-electron chi connectivity index (χ0n) is 15.0. The number of aryl methyl sites for hydroxylation is 1. The van der Waals surface area contributed by atoms with E-state index in [1.807, 2.05) is 24.3 Å². The van der Waals surface area contributed by atoms with Gasteiger partial charge in [0.1, 0.15) is 12.4 Å². The summed E-state index contributed by atoms with van der Waals surface area (Å²) in [6, 6.07) is 7.83. The number of fused-ring (bicyclic) bond motifs is 2. The van der Waals surface area contributed by atoms with Crippen LogP contribution >= 0.6 is 11.3 Å². The quantitative estimate of drug-likeness (QED) is 0.682. The van der Waals surface area contributed by atoms with Crippen molar-refractivity contribution in [1.29, 1.82) is 0 Å². The molecule has 2 aliphatic rings. The zero-order valence-corrected chi connectivity index (χ0v) is 15.8.